The third kappa shape index (κ3) is 2.76. The van der Waals surface area contributed by atoms with Gasteiger partial charge in [-0.15, -0.1) is 0 Å². The van der Waals surface area contributed by atoms with Crippen LogP contribution in [-0.4, -0.2) is 14.8 Å². The fourth-order valence-corrected chi connectivity index (χ4v) is 1.61. The number of nitrogens with zero attached hydrogens (tertiary/aromatic N) is 3. The minimum absolute atomic E-state index is 0. The molecule has 4 heteroatoms. The summed E-state index contributed by atoms with van der Waals surface area (Å²) in [5.41, 5.74) is 1.12. The molecule has 1 aromatic heterocycles. The fourth-order valence-electron chi connectivity index (χ4n) is 1.61. The number of rotatable bonds is 3. The normalized spacial score (nSPS) is 9.88. The molecular weight excluding hydrogens is 287 g/mol. The van der Waals surface area contributed by atoms with E-state index in [-0.39, 0.29) is 19.5 Å². The maximum Gasteiger partial charge on any atom is 3.00 e. The van der Waals surface area contributed by atoms with E-state index in [1.807, 2.05) is 29.9 Å². The molecule has 0 bridgehead atoms. The third-order valence-electron chi connectivity index (χ3n) is 2.31. The molecule has 0 amide bonds. The predicted molar refractivity (Wildman–Crippen MR) is 60.4 cm³/mol. The van der Waals surface area contributed by atoms with Gasteiger partial charge in [-0.3, -0.25) is 0 Å². The molecule has 2 aromatic rings. The van der Waals surface area contributed by atoms with Crippen molar-refractivity contribution in [1.29, 1.82) is 0 Å². The van der Waals surface area contributed by atoms with E-state index in [1.165, 1.54) is 0 Å². The van der Waals surface area contributed by atoms with Gasteiger partial charge in [0.25, 0.3) is 0 Å². The van der Waals surface area contributed by atoms with Crippen LogP contribution in [0.3, 0.4) is 0 Å². The van der Waals surface area contributed by atoms with Crippen LogP contribution in [0, 0.1) is 0 Å². The molecule has 2 rings (SSSR count). The van der Waals surface area contributed by atoms with E-state index in [0.717, 1.165) is 30.1 Å². The van der Waals surface area contributed by atoms with Crippen molar-refractivity contribution < 1.29 is 19.5 Å². The summed E-state index contributed by atoms with van der Waals surface area (Å²) in [6.07, 6.45) is 2.03. The van der Waals surface area contributed by atoms with Gasteiger partial charge in [0.2, 0.25) is 0 Å². The molecule has 0 aliphatic carbocycles. The molecule has 83 valence electrons. The Bertz CT molecular complexity index is 437. The number of hydrogen-bond donors (Lipinski definition) is 0. The maximum atomic E-state index is 4.52. The summed E-state index contributed by atoms with van der Waals surface area (Å²) in [6, 6.07) is 10.2. The van der Waals surface area contributed by atoms with Gasteiger partial charge >= 0.3 is 19.5 Å². The minimum Gasteiger partial charge on any atom is -0.249 e. The first-order valence-electron chi connectivity index (χ1n) is 5.26. The molecule has 0 spiro atoms. The van der Waals surface area contributed by atoms with Crippen molar-refractivity contribution in [1.82, 2.24) is 14.8 Å². The Morgan fingerprint density at radius 2 is 1.88 bits per heavy atom. The summed E-state index contributed by atoms with van der Waals surface area (Å²) in [5.74, 6) is 1.87. The first kappa shape index (κ1) is 13.1. The average Bonchev–Trinajstić information content (AvgIpc) is 2.61. The first-order chi connectivity index (χ1) is 7.31. The summed E-state index contributed by atoms with van der Waals surface area (Å²) < 4.78 is 1.85. The quantitative estimate of drug-likeness (QED) is 0.815. The van der Waals surface area contributed by atoms with Gasteiger partial charge in [0.1, 0.15) is 0 Å². The Morgan fingerprint density at radius 3 is 2.50 bits per heavy atom. The Balaban J connectivity index is 0.00000128. The van der Waals surface area contributed by atoms with Crippen molar-refractivity contribution in [3.8, 4) is 11.4 Å². The average molecular weight is 302 g/mol. The van der Waals surface area contributed by atoms with Crippen molar-refractivity contribution in [3.63, 3.8) is 0 Å². The van der Waals surface area contributed by atoms with Crippen molar-refractivity contribution in [3.05, 3.63) is 36.2 Å². The summed E-state index contributed by atoms with van der Waals surface area (Å²) in [6.45, 7) is 2.14. The number of benzene rings is 1. The SMILES string of the molecule is CCCc1nc(-c2ccccc2)n(C)n1.[Ru+3]. The number of aryl methyl sites for hydroxylation is 2. The second-order valence-corrected chi connectivity index (χ2v) is 3.59. The topological polar surface area (TPSA) is 30.7 Å². The molecule has 1 radical (unpaired) electrons. The Morgan fingerprint density at radius 1 is 1.19 bits per heavy atom. The van der Waals surface area contributed by atoms with Gasteiger partial charge in [-0.2, -0.15) is 5.10 Å². The molecule has 1 aromatic carbocycles. The molecule has 16 heavy (non-hydrogen) atoms. The van der Waals surface area contributed by atoms with Gasteiger partial charge in [0.15, 0.2) is 11.6 Å². The van der Waals surface area contributed by atoms with Crippen molar-refractivity contribution in [2.24, 2.45) is 7.05 Å². The molecule has 0 aliphatic heterocycles. The van der Waals surface area contributed by atoms with Gasteiger partial charge in [-0.05, 0) is 6.42 Å². The van der Waals surface area contributed by atoms with Crippen LogP contribution in [0.2, 0.25) is 0 Å². The zero-order chi connectivity index (χ0) is 10.7. The maximum absolute atomic E-state index is 4.52. The van der Waals surface area contributed by atoms with E-state index in [1.54, 1.807) is 0 Å². The molecule has 0 N–H and O–H groups in total. The second kappa shape index (κ2) is 5.90. The standard InChI is InChI=1S/C12H15N3.Ru/c1-3-7-11-13-12(15(2)14-11)10-8-5-4-6-9-10;/h4-6,8-9H,3,7H2,1-2H3;/q;+3. The van der Waals surface area contributed by atoms with Crippen LogP contribution in [0.5, 0.6) is 0 Å². The van der Waals surface area contributed by atoms with Crippen molar-refractivity contribution in [2.45, 2.75) is 19.8 Å². The summed E-state index contributed by atoms with van der Waals surface area (Å²) >= 11 is 0. The van der Waals surface area contributed by atoms with Crippen molar-refractivity contribution >= 4 is 0 Å². The first-order valence-corrected chi connectivity index (χ1v) is 5.26. The van der Waals surface area contributed by atoms with Gasteiger partial charge in [0.05, 0.1) is 0 Å². The molecule has 0 aliphatic rings. The Hall–Kier alpha value is -1.02. The Labute approximate surface area is 109 Å². The fraction of sp³-hybridized carbons (Fsp3) is 0.333. The molecule has 0 atom stereocenters. The molecule has 0 saturated carbocycles. The third-order valence-corrected chi connectivity index (χ3v) is 2.31. The predicted octanol–water partition coefficient (Wildman–Crippen LogP) is 2.43. The zero-order valence-corrected chi connectivity index (χ0v) is 11.2. The van der Waals surface area contributed by atoms with E-state index in [0.29, 0.717) is 0 Å². The molecule has 1 heterocycles. The van der Waals surface area contributed by atoms with Crippen LogP contribution in [0.1, 0.15) is 19.2 Å². The largest absolute Gasteiger partial charge is 3.00 e. The molecular formula is C12H15N3Ru+3. The van der Waals surface area contributed by atoms with Crippen LogP contribution in [-0.2, 0) is 32.9 Å². The Kier molecular flexibility index (Phi) is 4.81. The summed E-state index contributed by atoms with van der Waals surface area (Å²) in [4.78, 5) is 4.52. The van der Waals surface area contributed by atoms with Crippen LogP contribution in [0.15, 0.2) is 30.3 Å². The van der Waals surface area contributed by atoms with Crippen molar-refractivity contribution in [2.75, 3.05) is 0 Å². The monoisotopic (exact) mass is 303 g/mol. The smallest absolute Gasteiger partial charge is 0.249 e. The zero-order valence-electron chi connectivity index (χ0n) is 9.50. The second-order valence-electron chi connectivity index (χ2n) is 3.59. The van der Waals surface area contributed by atoms with E-state index >= 15 is 0 Å². The van der Waals surface area contributed by atoms with E-state index in [9.17, 15) is 0 Å². The molecule has 0 saturated heterocycles. The van der Waals surface area contributed by atoms with E-state index in [2.05, 4.69) is 29.1 Å². The van der Waals surface area contributed by atoms with Gasteiger partial charge in [-0.1, -0.05) is 37.3 Å². The van der Waals surface area contributed by atoms with Crippen LogP contribution in [0.25, 0.3) is 11.4 Å². The van der Waals surface area contributed by atoms with Gasteiger partial charge in [-0.25, -0.2) is 9.67 Å². The van der Waals surface area contributed by atoms with Gasteiger partial charge in [0, 0.05) is 19.0 Å². The molecule has 3 nitrogen and oxygen atoms in total. The summed E-state index contributed by atoms with van der Waals surface area (Å²) in [5, 5.41) is 4.38. The number of aromatic nitrogens is 3. The molecule has 0 fully saturated rings. The van der Waals surface area contributed by atoms with Crippen LogP contribution < -0.4 is 0 Å². The van der Waals surface area contributed by atoms with E-state index in [4.69, 9.17) is 0 Å². The molecule has 0 unspecified atom stereocenters. The van der Waals surface area contributed by atoms with Gasteiger partial charge < -0.3 is 0 Å². The van der Waals surface area contributed by atoms with E-state index < -0.39 is 0 Å². The summed E-state index contributed by atoms with van der Waals surface area (Å²) in [7, 11) is 1.94. The van der Waals surface area contributed by atoms with Crippen LogP contribution >= 0.6 is 0 Å². The minimum atomic E-state index is 0. The van der Waals surface area contributed by atoms with Crippen LogP contribution in [0.4, 0.5) is 0 Å². The number of hydrogen-bond acceptors (Lipinski definition) is 2.